The molecule has 2 aliphatic rings. The zero-order valence-electron chi connectivity index (χ0n) is 8.70. The van der Waals surface area contributed by atoms with Crippen molar-refractivity contribution in [2.24, 2.45) is 10.9 Å². The van der Waals surface area contributed by atoms with Crippen molar-refractivity contribution in [1.82, 2.24) is 9.96 Å². The van der Waals surface area contributed by atoms with Crippen LogP contribution in [0.2, 0.25) is 0 Å². The van der Waals surface area contributed by atoms with E-state index in [1.807, 2.05) is 0 Å². The van der Waals surface area contributed by atoms with Gasteiger partial charge in [-0.15, -0.1) is 4.28 Å². The monoisotopic (exact) mass is 250 g/mol. The first-order valence-corrected chi connectivity index (χ1v) is 6.37. The van der Waals surface area contributed by atoms with Crippen molar-refractivity contribution in [3.8, 4) is 0 Å². The molecule has 0 bridgehead atoms. The fourth-order valence-corrected chi connectivity index (χ4v) is 2.25. The van der Waals surface area contributed by atoms with Crippen LogP contribution in [0.3, 0.4) is 0 Å². The van der Waals surface area contributed by atoms with Gasteiger partial charge in [0.1, 0.15) is 0 Å². The fraction of sp³-hybridized carbons (Fsp3) is 0.857. The molecule has 8 nitrogen and oxygen atoms in total. The summed E-state index contributed by atoms with van der Waals surface area (Å²) in [6.45, 7) is 3.08. The average Bonchev–Trinajstić information content (AvgIpc) is 2.72. The van der Waals surface area contributed by atoms with Crippen LogP contribution < -0.4 is 5.73 Å². The Labute approximate surface area is 93.9 Å². The SMILES string of the molecule is NC1=NOS(=O)(=O)ON1CCN1CCCC1. The van der Waals surface area contributed by atoms with E-state index in [0.29, 0.717) is 13.1 Å². The smallest absolute Gasteiger partial charge is 0.365 e. The Morgan fingerprint density at radius 2 is 2.00 bits per heavy atom. The molecule has 0 aromatic rings. The van der Waals surface area contributed by atoms with Crippen molar-refractivity contribution in [3.05, 3.63) is 0 Å². The van der Waals surface area contributed by atoms with E-state index in [0.717, 1.165) is 18.2 Å². The molecule has 0 aromatic carbocycles. The van der Waals surface area contributed by atoms with Crippen LogP contribution in [0.1, 0.15) is 12.8 Å². The van der Waals surface area contributed by atoms with E-state index in [1.165, 1.54) is 12.8 Å². The molecule has 2 rings (SSSR count). The lowest BCUT2D eigenvalue weighted by molar-refractivity contribution is -0.0182. The second-order valence-electron chi connectivity index (χ2n) is 3.66. The van der Waals surface area contributed by atoms with Crippen molar-refractivity contribution < 1.29 is 17.0 Å². The summed E-state index contributed by atoms with van der Waals surface area (Å²) in [5.41, 5.74) is 5.43. The third kappa shape index (κ3) is 2.74. The summed E-state index contributed by atoms with van der Waals surface area (Å²) in [7, 11) is -4.07. The predicted molar refractivity (Wildman–Crippen MR) is 55.1 cm³/mol. The van der Waals surface area contributed by atoms with Crippen LogP contribution in [0.5, 0.6) is 0 Å². The van der Waals surface area contributed by atoms with Crippen LogP contribution in [0, 0.1) is 0 Å². The highest BCUT2D eigenvalue weighted by Crippen LogP contribution is 2.10. The van der Waals surface area contributed by atoms with E-state index < -0.39 is 10.4 Å². The Hall–Kier alpha value is -1.06. The summed E-state index contributed by atoms with van der Waals surface area (Å²) >= 11 is 0. The van der Waals surface area contributed by atoms with Gasteiger partial charge in [0.25, 0.3) is 5.96 Å². The number of nitrogens with two attached hydrogens (primary N) is 1. The standard InChI is InChI=1S/C7H14N4O4S/c8-7-9-14-16(12,13)15-11(7)6-5-10-3-1-2-4-10/h1-6H2,(H2,8,9). The van der Waals surface area contributed by atoms with Crippen LogP contribution in [0.4, 0.5) is 0 Å². The highest BCUT2D eigenvalue weighted by atomic mass is 32.3. The molecule has 2 heterocycles. The second-order valence-corrected chi connectivity index (χ2v) is 4.77. The summed E-state index contributed by atoms with van der Waals surface area (Å²) in [4.78, 5) is 2.21. The number of guanidine groups is 1. The van der Waals surface area contributed by atoms with Crippen LogP contribution in [-0.4, -0.2) is 50.5 Å². The minimum atomic E-state index is -4.07. The van der Waals surface area contributed by atoms with Gasteiger partial charge in [0.2, 0.25) is 0 Å². The minimum absolute atomic E-state index is 0.0889. The number of likely N-dealkylation sites (tertiary alicyclic amines) is 1. The van der Waals surface area contributed by atoms with Crippen LogP contribution >= 0.6 is 0 Å². The van der Waals surface area contributed by atoms with Gasteiger partial charge in [-0.25, -0.2) is 4.28 Å². The second kappa shape index (κ2) is 4.44. The van der Waals surface area contributed by atoms with Gasteiger partial charge in [0, 0.05) is 6.54 Å². The highest BCUT2D eigenvalue weighted by Gasteiger charge is 2.27. The van der Waals surface area contributed by atoms with Crippen LogP contribution in [0.15, 0.2) is 5.16 Å². The zero-order valence-corrected chi connectivity index (χ0v) is 9.52. The summed E-state index contributed by atoms with van der Waals surface area (Å²) in [5, 5.41) is 4.22. The Kier molecular flexibility index (Phi) is 3.17. The van der Waals surface area contributed by atoms with E-state index in [-0.39, 0.29) is 5.96 Å². The Morgan fingerprint density at radius 3 is 2.69 bits per heavy atom. The van der Waals surface area contributed by atoms with Crippen molar-refractivity contribution in [1.29, 1.82) is 0 Å². The van der Waals surface area contributed by atoms with E-state index >= 15 is 0 Å². The molecule has 0 saturated carbocycles. The van der Waals surface area contributed by atoms with Crippen molar-refractivity contribution >= 4 is 16.4 Å². The van der Waals surface area contributed by atoms with Gasteiger partial charge in [-0.2, -0.15) is 13.5 Å². The quantitative estimate of drug-likeness (QED) is 0.673. The molecule has 9 heteroatoms. The van der Waals surface area contributed by atoms with Gasteiger partial charge in [-0.1, -0.05) is 0 Å². The third-order valence-corrected chi connectivity index (χ3v) is 3.10. The third-order valence-electron chi connectivity index (χ3n) is 2.48. The molecule has 1 fully saturated rings. The molecule has 92 valence electrons. The molecular formula is C7H14N4O4S. The van der Waals surface area contributed by atoms with Gasteiger partial charge in [0.15, 0.2) is 0 Å². The van der Waals surface area contributed by atoms with Crippen molar-refractivity contribution in [3.63, 3.8) is 0 Å². The summed E-state index contributed by atoms with van der Waals surface area (Å²) in [5.74, 6) is -0.0889. The van der Waals surface area contributed by atoms with Crippen molar-refractivity contribution in [2.45, 2.75) is 12.8 Å². The molecule has 2 N–H and O–H groups in total. The molecule has 0 radical (unpaired) electrons. The van der Waals surface area contributed by atoms with E-state index in [9.17, 15) is 8.42 Å². The number of nitrogens with zero attached hydrogens (tertiary/aromatic N) is 3. The first-order chi connectivity index (χ1) is 7.57. The van der Waals surface area contributed by atoms with E-state index in [2.05, 4.69) is 18.6 Å². The number of hydrogen-bond acceptors (Lipinski definition) is 8. The average molecular weight is 250 g/mol. The Morgan fingerprint density at radius 1 is 1.31 bits per heavy atom. The van der Waals surface area contributed by atoms with Gasteiger partial charge in [-0.05, 0) is 31.1 Å². The van der Waals surface area contributed by atoms with Gasteiger partial charge >= 0.3 is 10.4 Å². The summed E-state index contributed by atoms with van der Waals surface area (Å²) < 4.78 is 30.5. The molecule has 1 saturated heterocycles. The number of hydrogen-bond donors (Lipinski definition) is 1. The molecule has 0 amide bonds. The Bertz CT molecular complexity index is 376. The molecule has 0 aromatic heterocycles. The lowest BCUT2D eigenvalue weighted by atomic mass is 10.4. The maximum Gasteiger partial charge on any atom is 0.491 e. The van der Waals surface area contributed by atoms with Gasteiger partial charge < -0.3 is 10.6 Å². The predicted octanol–water partition coefficient (Wildman–Crippen LogP) is -1.18. The summed E-state index contributed by atoms with van der Waals surface area (Å²) in [6, 6.07) is 0. The normalized spacial score (nSPS) is 25.2. The molecule has 16 heavy (non-hydrogen) atoms. The fourth-order valence-electron chi connectivity index (χ4n) is 1.68. The topological polar surface area (TPSA) is 97.5 Å². The lowest BCUT2D eigenvalue weighted by Gasteiger charge is -2.25. The van der Waals surface area contributed by atoms with Gasteiger partial charge in [-0.3, -0.25) is 0 Å². The maximum atomic E-state index is 10.9. The minimum Gasteiger partial charge on any atom is -0.365 e. The molecule has 0 spiro atoms. The number of oxime groups is 1. The van der Waals surface area contributed by atoms with Gasteiger partial charge in [0.05, 0.1) is 6.54 Å². The first kappa shape index (κ1) is 11.4. The summed E-state index contributed by atoms with van der Waals surface area (Å²) in [6.07, 6.45) is 2.34. The molecule has 0 aliphatic carbocycles. The maximum absolute atomic E-state index is 10.9. The molecule has 0 atom stereocenters. The zero-order chi connectivity index (χ0) is 11.6. The van der Waals surface area contributed by atoms with Crippen LogP contribution in [-0.2, 0) is 19.0 Å². The number of hydroxylamine groups is 2. The van der Waals surface area contributed by atoms with Crippen molar-refractivity contribution in [2.75, 3.05) is 26.2 Å². The van der Waals surface area contributed by atoms with E-state index in [4.69, 9.17) is 5.73 Å². The highest BCUT2D eigenvalue weighted by molar-refractivity contribution is 7.81. The van der Waals surface area contributed by atoms with E-state index in [1.54, 1.807) is 0 Å². The molecule has 2 aliphatic heterocycles. The largest absolute Gasteiger partial charge is 0.491 e. The Balaban J connectivity index is 1.88. The van der Waals surface area contributed by atoms with Crippen LogP contribution in [0.25, 0.3) is 0 Å². The lowest BCUT2D eigenvalue weighted by Crippen LogP contribution is -2.45. The molecule has 0 unspecified atom stereocenters. The number of rotatable bonds is 3. The molecular weight excluding hydrogens is 236 g/mol. The first-order valence-electron chi connectivity index (χ1n) is 5.03.